The maximum absolute atomic E-state index is 12.5. The number of rotatable bonds is 4. The van der Waals surface area contributed by atoms with Gasteiger partial charge in [-0.15, -0.1) is 0 Å². The molecule has 1 aliphatic heterocycles. The smallest absolute Gasteiger partial charge is 0.256 e. The molecule has 1 aliphatic rings. The van der Waals surface area contributed by atoms with Crippen molar-refractivity contribution in [3.63, 3.8) is 0 Å². The molecule has 3 heterocycles. The summed E-state index contributed by atoms with van der Waals surface area (Å²) in [6, 6.07) is 3.97. The SMILES string of the molecule is Cc1ccc(Cl)c2sc(N3CCC(CN(C)C(=O)c4cnn(C)c4)CC3)nc12. The van der Waals surface area contributed by atoms with Crippen molar-refractivity contribution in [2.75, 3.05) is 31.6 Å². The molecule has 2 aromatic heterocycles. The van der Waals surface area contributed by atoms with Gasteiger partial charge < -0.3 is 9.80 Å². The Morgan fingerprint density at radius 1 is 1.36 bits per heavy atom. The largest absolute Gasteiger partial charge is 0.348 e. The molecule has 1 amide bonds. The summed E-state index contributed by atoms with van der Waals surface area (Å²) >= 11 is 8.03. The number of nitrogens with zero attached hydrogens (tertiary/aromatic N) is 5. The predicted octanol–water partition coefficient (Wildman–Crippen LogP) is 3.98. The van der Waals surface area contributed by atoms with Gasteiger partial charge in [0.25, 0.3) is 5.91 Å². The molecule has 0 N–H and O–H groups in total. The zero-order valence-electron chi connectivity index (χ0n) is 16.4. The molecule has 0 atom stereocenters. The maximum atomic E-state index is 12.5. The van der Waals surface area contributed by atoms with E-state index >= 15 is 0 Å². The highest BCUT2D eigenvalue weighted by molar-refractivity contribution is 7.22. The van der Waals surface area contributed by atoms with Crippen LogP contribution in [0.4, 0.5) is 5.13 Å². The van der Waals surface area contributed by atoms with Gasteiger partial charge in [0.05, 0.1) is 27.0 Å². The number of carbonyl (C=O) groups excluding carboxylic acids is 1. The van der Waals surface area contributed by atoms with E-state index in [9.17, 15) is 4.79 Å². The van der Waals surface area contributed by atoms with Gasteiger partial charge in [-0.1, -0.05) is 29.0 Å². The Kier molecular flexibility index (Phi) is 5.29. The maximum Gasteiger partial charge on any atom is 0.256 e. The fraction of sp³-hybridized carbons (Fsp3) is 0.450. The lowest BCUT2D eigenvalue weighted by atomic mass is 9.96. The fourth-order valence-corrected chi connectivity index (χ4v) is 5.12. The molecule has 0 bridgehead atoms. The molecule has 1 fully saturated rings. The highest BCUT2D eigenvalue weighted by atomic mass is 35.5. The number of aryl methyl sites for hydroxylation is 2. The average molecular weight is 418 g/mol. The second-order valence-corrected chi connectivity index (χ2v) is 8.94. The third-order valence-electron chi connectivity index (χ3n) is 5.40. The number of benzene rings is 1. The van der Waals surface area contributed by atoms with Gasteiger partial charge in [-0.2, -0.15) is 5.10 Å². The minimum absolute atomic E-state index is 0.0341. The minimum Gasteiger partial charge on any atom is -0.348 e. The van der Waals surface area contributed by atoms with E-state index < -0.39 is 0 Å². The fourth-order valence-electron chi connectivity index (χ4n) is 3.76. The molecule has 6 nitrogen and oxygen atoms in total. The van der Waals surface area contributed by atoms with Crippen molar-refractivity contribution in [2.45, 2.75) is 19.8 Å². The van der Waals surface area contributed by atoms with Crippen LogP contribution in [-0.4, -0.2) is 52.3 Å². The van der Waals surface area contributed by atoms with Crippen molar-refractivity contribution in [3.8, 4) is 0 Å². The number of hydrogen-bond acceptors (Lipinski definition) is 5. The third-order valence-corrected chi connectivity index (χ3v) is 6.98. The first-order chi connectivity index (χ1) is 13.4. The van der Waals surface area contributed by atoms with Crippen LogP contribution in [0.2, 0.25) is 5.02 Å². The Hall–Kier alpha value is -2.12. The molecule has 1 saturated heterocycles. The summed E-state index contributed by atoms with van der Waals surface area (Å²) in [5.74, 6) is 0.536. The molecular weight excluding hydrogens is 394 g/mol. The van der Waals surface area contributed by atoms with Crippen molar-refractivity contribution >= 4 is 44.2 Å². The van der Waals surface area contributed by atoms with Gasteiger partial charge in [0, 0.05) is 39.9 Å². The first-order valence-electron chi connectivity index (χ1n) is 9.47. The first kappa shape index (κ1) is 19.2. The number of fused-ring (bicyclic) bond motifs is 1. The van der Waals surface area contributed by atoms with Crippen molar-refractivity contribution < 1.29 is 4.79 Å². The van der Waals surface area contributed by atoms with E-state index in [1.54, 1.807) is 28.4 Å². The van der Waals surface area contributed by atoms with Crippen molar-refractivity contribution in [1.29, 1.82) is 0 Å². The zero-order valence-corrected chi connectivity index (χ0v) is 17.9. The van der Waals surface area contributed by atoms with Crippen LogP contribution in [0.1, 0.15) is 28.8 Å². The van der Waals surface area contributed by atoms with E-state index in [4.69, 9.17) is 16.6 Å². The van der Waals surface area contributed by atoms with Crippen LogP contribution < -0.4 is 4.90 Å². The van der Waals surface area contributed by atoms with Crippen LogP contribution in [0.15, 0.2) is 24.5 Å². The molecule has 28 heavy (non-hydrogen) atoms. The standard InChI is InChI=1S/C20H24ClN5OS/c1-13-4-5-16(21)18-17(13)23-20(28-18)26-8-6-14(7-9-26)11-24(2)19(27)15-10-22-25(3)12-15/h4-5,10,12,14H,6-9,11H2,1-3H3. The van der Waals surface area contributed by atoms with Gasteiger partial charge in [0.2, 0.25) is 0 Å². The monoisotopic (exact) mass is 417 g/mol. The van der Waals surface area contributed by atoms with Crippen LogP contribution in [0.5, 0.6) is 0 Å². The molecule has 0 unspecified atom stereocenters. The van der Waals surface area contributed by atoms with Gasteiger partial charge in [-0.05, 0) is 37.3 Å². The van der Waals surface area contributed by atoms with Gasteiger partial charge in [0.15, 0.2) is 5.13 Å². The van der Waals surface area contributed by atoms with Crippen molar-refractivity contribution in [1.82, 2.24) is 19.7 Å². The second-order valence-electron chi connectivity index (χ2n) is 7.56. The molecule has 4 rings (SSSR count). The van der Waals surface area contributed by atoms with E-state index in [1.807, 2.05) is 31.1 Å². The summed E-state index contributed by atoms with van der Waals surface area (Å²) in [4.78, 5) is 21.5. The molecule has 0 saturated carbocycles. The molecule has 3 aromatic rings. The van der Waals surface area contributed by atoms with Crippen LogP contribution >= 0.6 is 22.9 Å². The zero-order chi connectivity index (χ0) is 19.8. The Morgan fingerprint density at radius 3 is 2.75 bits per heavy atom. The lowest BCUT2D eigenvalue weighted by Gasteiger charge is -2.33. The number of anilines is 1. The summed E-state index contributed by atoms with van der Waals surface area (Å²) in [6.07, 6.45) is 5.49. The van der Waals surface area contributed by atoms with Crippen LogP contribution in [-0.2, 0) is 7.05 Å². The molecular formula is C20H24ClN5OS. The number of amides is 1. The predicted molar refractivity (Wildman–Crippen MR) is 114 cm³/mol. The normalized spacial score (nSPS) is 15.4. The van der Waals surface area contributed by atoms with E-state index in [1.165, 1.54) is 0 Å². The molecule has 0 radical (unpaired) electrons. The highest BCUT2D eigenvalue weighted by Crippen LogP contribution is 2.36. The molecule has 0 spiro atoms. The minimum atomic E-state index is 0.0341. The molecule has 148 valence electrons. The number of piperidine rings is 1. The van der Waals surface area contributed by atoms with Crippen molar-refractivity contribution in [3.05, 3.63) is 40.7 Å². The average Bonchev–Trinajstić information content (AvgIpc) is 3.32. The quantitative estimate of drug-likeness (QED) is 0.644. The van der Waals surface area contributed by atoms with Gasteiger partial charge in [-0.3, -0.25) is 9.48 Å². The summed E-state index contributed by atoms with van der Waals surface area (Å²) in [5, 5.41) is 5.91. The second kappa shape index (κ2) is 7.72. The number of carbonyl (C=O) groups is 1. The van der Waals surface area contributed by atoms with E-state index in [0.717, 1.165) is 58.4 Å². The Morgan fingerprint density at radius 2 is 2.11 bits per heavy atom. The summed E-state index contributed by atoms with van der Waals surface area (Å²) in [7, 11) is 3.70. The van der Waals surface area contributed by atoms with Crippen LogP contribution in [0, 0.1) is 12.8 Å². The molecule has 8 heteroatoms. The number of aromatic nitrogens is 3. The van der Waals surface area contributed by atoms with Gasteiger partial charge in [-0.25, -0.2) is 4.98 Å². The van der Waals surface area contributed by atoms with Gasteiger partial charge >= 0.3 is 0 Å². The Bertz CT molecular complexity index is 966. The summed E-state index contributed by atoms with van der Waals surface area (Å²) in [6.45, 7) is 4.75. The number of thiazole rings is 1. The van der Waals surface area contributed by atoms with E-state index in [-0.39, 0.29) is 5.91 Å². The third kappa shape index (κ3) is 3.73. The molecule has 0 aliphatic carbocycles. The van der Waals surface area contributed by atoms with Crippen molar-refractivity contribution in [2.24, 2.45) is 13.0 Å². The van der Waals surface area contributed by atoms with Crippen LogP contribution in [0.25, 0.3) is 10.2 Å². The Labute approximate surface area is 173 Å². The van der Waals surface area contributed by atoms with Crippen LogP contribution in [0.3, 0.4) is 0 Å². The summed E-state index contributed by atoms with van der Waals surface area (Å²) < 4.78 is 2.73. The lowest BCUT2D eigenvalue weighted by Crippen LogP contribution is -2.39. The van der Waals surface area contributed by atoms with E-state index in [2.05, 4.69) is 16.9 Å². The highest BCUT2D eigenvalue weighted by Gasteiger charge is 2.25. The first-order valence-corrected chi connectivity index (χ1v) is 10.7. The number of halogens is 1. The van der Waals surface area contributed by atoms with E-state index in [0.29, 0.717) is 11.5 Å². The Balaban J connectivity index is 1.37. The van der Waals surface area contributed by atoms with Gasteiger partial charge in [0.1, 0.15) is 0 Å². The molecule has 1 aromatic carbocycles. The number of hydrogen-bond donors (Lipinski definition) is 0. The summed E-state index contributed by atoms with van der Waals surface area (Å²) in [5.41, 5.74) is 2.81. The topological polar surface area (TPSA) is 54.3 Å². The lowest BCUT2D eigenvalue weighted by molar-refractivity contribution is 0.0765.